The number of nitrogens with zero attached hydrogens (tertiary/aromatic N) is 1. The van der Waals surface area contributed by atoms with Crippen LogP contribution in [-0.4, -0.2) is 43.3 Å². The second-order valence-corrected chi connectivity index (χ2v) is 5.65. The van der Waals surface area contributed by atoms with Crippen LogP contribution in [0.3, 0.4) is 0 Å². The SMILES string of the molecule is c1ccc(CN2CCOCC2C2CCCCN2)cc1. The van der Waals surface area contributed by atoms with Gasteiger partial charge in [0.2, 0.25) is 0 Å². The van der Waals surface area contributed by atoms with Gasteiger partial charge in [0.15, 0.2) is 0 Å². The Balaban J connectivity index is 1.66. The maximum atomic E-state index is 5.72. The standard InChI is InChI=1S/C16H24N2O/c1-2-6-14(7-3-1)12-18-10-11-19-13-16(18)15-8-4-5-9-17-15/h1-3,6-7,15-17H,4-5,8-13H2. The van der Waals surface area contributed by atoms with Gasteiger partial charge in [0.1, 0.15) is 0 Å². The molecular weight excluding hydrogens is 236 g/mol. The van der Waals surface area contributed by atoms with Crippen molar-refractivity contribution in [2.24, 2.45) is 0 Å². The summed E-state index contributed by atoms with van der Waals surface area (Å²) >= 11 is 0. The first kappa shape index (κ1) is 13.1. The van der Waals surface area contributed by atoms with Crippen LogP contribution in [0.1, 0.15) is 24.8 Å². The first-order chi connectivity index (χ1) is 9.43. The Morgan fingerprint density at radius 1 is 1.21 bits per heavy atom. The zero-order valence-corrected chi connectivity index (χ0v) is 11.6. The smallest absolute Gasteiger partial charge is 0.0637 e. The maximum Gasteiger partial charge on any atom is 0.0637 e. The maximum absolute atomic E-state index is 5.72. The van der Waals surface area contributed by atoms with Gasteiger partial charge in [-0.1, -0.05) is 36.8 Å². The summed E-state index contributed by atoms with van der Waals surface area (Å²) in [6.45, 7) is 5.02. The first-order valence-corrected chi connectivity index (χ1v) is 7.52. The van der Waals surface area contributed by atoms with Crippen LogP contribution in [0.15, 0.2) is 30.3 Å². The van der Waals surface area contributed by atoms with Crippen LogP contribution in [0.4, 0.5) is 0 Å². The van der Waals surface area contributed by atoms with Gasteiger partial charge in [-0.2, -0.15) is 0 Å². The zero-order chi connectivity index (χ0) is 12.9. The third-order valence-electron chi connectivity index (χ3n) is 4.32. The fourth-order valence-corrected chi connectivity index (χ4v) is 3.25. The van der Waals surface area contributed by atoms with E-state index in [1.54, 1.807) is 0 Å². The molecule has 2 fully saturated rings. The van der Waals surface area contributed by atoms with Crippen LogP contribution in [0.2, 0.25) is 0 Å². The molecule has 0 aromatic heterocycles. The van der Waals surface area contributed by atoms with E-state index in [2.05, 4.69) is 40.5 Å². The normalized spacial score (nSPS) is 29.3. The fraction of sp³-hybridized carbons (Fsp3) is 0.625. The Morgan fingerprint density at radius 3 is 2.89 bits per heavy atom. The summed E-state index contributed by atoms with van der Waals surface area (Å²) in [4.78, 5) is 2.60. The first-order valence-electron chi connectivity index (χ1n) is 7.52. The quantitative estimate of drug-likeness (QED) is 0.900. The van der Waals surface area contributed by atoms with Gasteiger partial charge in [0.25, 0.3) is 0 Å². The lowest BCUT2D eigenvalue weighted by atomic mass is 9.96. The summed E-state index contributed by atoms with van der Waals surface area (Å²) in [5.74, 6) is 0. The van der Waals surface area contributed by atoms with E-state index < -0.39 is 0 Å². The van der Waals surface area contributed by atoms with Crippen molar-refractivity contribution in [3.63, 3.8) is 0 Å². The third kappa shape index (κ3) is 3.35. The Morgan fingerprint density at radius 2 is 2.11 bits per heavy atom. The van der Waals surface area contributed by atoms with Crippen molar-refractivity contribution >= 4 is 0 Å². The number of nitrogens with one attached hydrogen (secondary N) is 1. The average molecular weight is 260 g/mol. The minimum atomic E-state index is 0.536. The van der Waals surface area contributed by atoms with E-state index >= 15 is 0 Å². The second kappa shape index (κ2) is 6.51. The van der Waals surface area contributed by atoms with Crippen molar-refractivity contribution in [3.8, 4) is 0 Å². The van der Waals surface area contributed by atoms with Crippen LogP contribution in [0.5, 0.6) is 0 Å². The molecule has 1 N–H and O–H groups in total. The van der Waals surface area contributed by atoms with Crippen molar-refractivity contribution < 1.29 is 4.74 Å². The summed E-state index contributed by atoms with van der Waals surface area (Å²) in [6, 6.07) is 11.9. The Bertz CT molecular complexity index is 376. The molecular formula is C16H24N2O. The highest BCUT2D eigenvalue weighted by Gasteiger charge is 2.31. The summed E-state index contributed by atoms with van der Waals surface area (Å²) in [6.07, 6.45) is 3.97. The lowest BCUT2D eigenvalue weighted by Crippen LogP contribution is -2.56. The summed E-state index contributed by atoms with van der Waals surface area (Å²) < 4.78 is 5.72. The van der Waals surface area contributed by atoms with Gasteiger partial charge in [-0.3, -0.25) is 4.90 Å². The topological polar surface area (TPSA) is 24.5 Å². The lowest BCUT2D eigenvalue weighted by Gasteiger charge is -2.42. The molecule has 19 heavy (non-hydrogen) atoms. The van der Waals surface area contributed by atoms with Crippen LogP contribution < -0.4 is 5.32 Å². The van der Waals surface area contributed by atoms with E-state index in [1.165, 1.54) is 31.4 Å². The minimum absolute atomic E-state index is 0.536. The highest BCUT2D eigenvalue weighted by molar-refractivity contribution is 5.14. The largest absolute Gasteiger partial charge is 0.378 e. The molecule has 3 nitrogen and oxygen atoms in total. The fourth-order valence-electron chi connectivity index (χ4n) is 3.25. The van der Waals surface area contributed by atoms with Crippen molar-refractivity contribution in [3.05, 3.63) is 35.9 Å². The Hall–Kier alpha value is -0.900. The minimum Gasteiger partial charge on any atom is -0.378 e. The molecule has 0 aliphatic carbocycles. The van der Waals surface area contributed by atoms with E-state index in [-0.39, 0.29) is 0 Å². The van der Waals surface area contributed by atoms with Gasteiger partial charge in [0, 0.05) is 25.2 Å². The van der Waals surface area contributed by atoms with E-state index in [0.29, 0.717) is 12.1 Å². The monoisotopic (exact) mass is 260 g/mol. The Labute approximate surface area is 115 Å². The van der Waals surface area contributed by atoms with E-state index in [9.17, 15) is 0 Å². The molecule has 1 aromatic carbocycles. The molecule has 2 aliphatic rings. The molecule has 0 radical (unpaired) electrons. The van der Waals surface area contributed by atoms with Gasteiger partial charge < -0.3 is 10.1 Å². The number of piperidine rings is 1. The second-order valence-electron chi connectivity index (χ2n) is 5.65. The molecule has 2 unspecified atom stereocenters. The molecule has 0 amide bonds. The van der Waals surface area contributed by atoms with Crippen LogP contribution in [0.25, 0.3) is 0 Å². The van der Waals surface area contributed by atoms with E-state index in [0.717, 1.165) is 26.3 Å². The Kier molecular flexibility index (Phi) is 4.49. The molecule has 3 heteroatoms. The molecule has 2 aliphatic heterocycles. The molecule has 2 saturated heterocycles. The number of morpholine rings is 1. The summed E-state index contributed by atoms with van der Waals surface area (Å²) in [5, 5.41) is 3.68. The van der Waals surface area contributed by atoms with E-state index in [4.69, 9.17) is 4.74 Å². The zero-order valence-electron chi connectivity index (χ0n) is 11.6. The van der Waals surface area contributed by atoms with Gasteiger partial charge >= 0.3 is 0 Å². The molecule has 0 saturated carbocycles. The highest BCUT2D eigenvalue weighted by Crippen LogP contribution is 2.20. The molecule has 2 heterocycles. The number of hydrogen-bond acceptors (Lipinski definition) is 3. The summed E-state index contributed by atoms with van der Waals surface area (Å²) in [5.41, 5.74) is 1.41. The van der Waals surface area contributed by atoms with Crippen molar-refractivity contribution in [1.29, 1.82) is 0 Å². The van der Waals surface area contributed by atoms with Crippen molar-refractivity contribution in [2.45, 2.75) is 37.9 Å². The molecule has 0 bridgehead atoms. The van der Waals surface area contributed by atoms with Crippen molar-refractivity contribution in [1.82, 2.24) is 10.2 Å². The lowest BCUT2D eigenvalue weighted by molar-refractivity contribution is -0.0289. The molecule has 1 aromatic rings. The van der Waals surface area contributed by atoms with E-state index in [1.807, 2.05) is 0 Å². The number of hydrogen-bond donors (Lipinski definition) is 1. The average Bonchev–Trinajstić information content (AvgIpc) is 2.50. The molecule has 3 rings (SSSR count). The predicted molar refractivity (Wildman–Crippen MR) is 77.1 cm³/mol. The number of ether oxygens (including phenoxy) is 1. The predicted octanol–water partition coefficient (Wildman–Crippen LogP) is 2.03. The van der Waals surface area contributed by atoms with Gasteiger partial charge in [0.05, 0.1) is 13.2 Å². The van der Waals surface area contributed by atoms with Crippen molar-refractivity contribution in [2.75, 3.05) is 26.3 Å². The molecule has 2 atom stereocenters. The third-order valence-corrected chi connectivity index (χ3v) is 4.32. The van der Waals surface area contributed by atoms with Crippen LogP contribution in [-0.2, 0) is 11.3 Å². The number of benzene rings is 1. The molecule has 104 valence electrons. The van der Waals surface area contributed by atoms with Gasteiger partial charge in [-0.25, -0.2) is 0 Å². The molecule has 0 spiro atoms. The van der Waals surface area contributed by atoms with Crippen LogP contribution >= 0.6 is 0 Å². The summed E-state index contributed by atoms with van der Waals surface area (Å²) in [7, 11) is 0. The number of rotatable bonds is 3. The van der Waals surface area contributed by atoms with Gasteiger partial charge in [-0.05, 0) is 24.9 Å². The highest BCUT2D eigenvalue weighted by atomic mass is 16.5. The van der Waals surface area contributed by atoms with Gasteiger partial charge in [-0.15, -0.1) is 0 Å². The van der Waals surface area contributed by atoms with Crippen LogP contribution in [0, 0.1) is 0 Å².